The molecule has 0 saturated heterocycles. The minimum absolute atomic E-state index is 0.0431. The molecule has 0 spiro atoms. The fourth-order valence-corrected chi connectivity index (χ4v) is 2.89. The lowest BCUT2D eigenvalue weighted by molar-refractivity contribution is -0.121. The molecule has 0 unspecified atom stereocenters. The first-order valence-corrected chi connectivity index (χ1v) is 9.12. The molecule has 0 aliphatic carbocycles. The lowest BCUT2D eigenvalue weighted by Crippen LogP contribution is -2.25. The molecular weight excluding hydrogens is 340 g/mol. The highest BCUT2D eigenvalue weighted by atomic mass is 16.5. The minimum atomic E-state index is 0.0431. The number of nitrogens with zero attached hydrogens (tertiary/aromatic N) is 1. The molecule has 0 radical (unpaired) electrons. The molecule has 140 valence electrons. The molecule has 1 heterocycles. The topological polar surface area (TPSA) is 60.5 Å². The average Bonchev–Trinajstić information content (AvgIpc) is 2.72. The van der Waals surface area contributed by atoms with Crippen molar-refractivity contribution in [1.82, 2.24) is 10.3 Å². The van der Waals surface area contributed by atoms with Crippen LogP contribution in [0.25, 0.3) is 10.9 Å². The smallest absolute Gasteiger partial charge is 0.220 e. The Balaban J connectivity index is 1.36. The monoisotopic (exact) mass is 364 g/mol. The van der Waals surface area contributed by atoms with Crippen LogP contribution in [0.4, 0.5) is 0 Å². The standard InChI is InChI=1S/C22H24N2O3/c1-26-19-9-11-20(12-10-19)27-16-4-8-21(25)23-15-13-18-6-2-5-17-7-3-14-24-22(17)18/h2-3,5-7,9-12,14H,4,8,13,15-16H2,1H3,(H,23,25). The third-order valence-electron chi connectivity index (χ3n) is 4.31. The van der Waals surface area contributed by atoms with Crippen LogP contribution in [0, 0.1) is 0 Å². The fourth-order valence-electron chi connectivity index (χ4n) is 2.89. The van der Waals surface area contributed by atoms with E-state index < -0.39 is 0 Å². The van der Waals surface area contributed by atoms with Gasteiger partial charge in [-0.3, -0.25) is 9.78 Å². The van der Waals surface area contributed by atoms with E-state index in [0.717, 1.165) is 34.4 Å². The molecule has 2 aromatic carbocycles. The summed E-state index contributed by atoms with van der Waals surface area (Å²) >= 11 is 0. The van der Waals surface area contributed by atoms with E-state index >= 15 is 0 Å². The summed E-state index contributed by atoms with van der Waals surface area (Å²) < 4.78 is 10.7. The van der Waals surface area contributed by atoms with E-state index in [-0.39, 0.29) is 5.91 Å². The quantitative estimate of drug-likeness (QED) is 0.587. The summed E-state index contributed by atoms with van der Waals surface area (Å²) in [7, 11) is 1.63. The number of rotatable bonds is 9. The predicted molar refractivity (Wildman–Crippen MR) is 106 cm³/mol. The van der Waals surface area contributed by atoms with Crippen LogP contribution in [-0.2, 0) is 11.2 Å². The molecule has 0 fully saturated rings. The van der Waals surface area contributed by atoms with Crippen molar-refractivity contribution in [3.05, 3.63) is 66.4 Å². The highest BCUT2D eigenvalue weighted by Crippen LogP contribution is 2.17. The largest absolute Gasteiger partial charge is 0.497 e. The second-order valence-corrected chi connectivity index (χ2v) is 6.22. The molecule has 0 atom stereocenters. The van der Waals surface area contributed by atoms with Gasteiger partial charge in [0, 0.05) is 24.5 Å². The number of aromatic nitrogens is 1. The van der Waals surface area contributed by atoms with E-state index in [2.05, 4.69) is 16.4 Å². The van der Waals surface area contributed by atoms with Crippen LogP contribution >= 0.6 is 0 Å². The lowest BCUT2D eigenvalue weighted by atomic mass is 10.1. The summed E-state index contributed by atoms with van der Waals surface area (Å²) in [5.74, 6) is 1.62. The molecule has 3 aromatic rings. The second kappa shape index (κ2) is 9.57. The number of nitrogens with one attached hydrogen (secondary N) is 1. The number of hydrogen-bond donors (Lipinski definition) is 1. The van der Waals surface area contributed by atoms with E-state index in [1.165, 1.54) is 0 Å². The van der Waals surface area contributed by atoms with Gasteiger partial charge < -0.3 is 14.8 Å². The van der Waals surface area contributed by atoms with Gasteiger partial charge in [0.2, 0.25) is 5.91 Å². The zero-order chi connectivity index (χ0) is 18.9. The van der Waals surface area contributed by atoms with Gasteiger partial charge in [-0.15, -0.1) is 0 Å². The van der Waals surface area contributed by atoms with Crippen molar-refractivity contribution in [3.8, 4) is 11.5 Å². The first kappa shape index (κ1) is 18.7. The summed E-state index contributed by atoms with van der Waals surface area (Å²) in [4.78, 5) is 16.4. The fraction of sp³-hybridized carbons (Fsp3) is 0.273. The number of methoxy groups -OCH3 is 1. The molecule has 1 amide bonds. The minimum Gasteiger partial charge on any atom is -0.497 e. The number of carbonyl (C=O) groups is 1. The van der Waals surface area contributed by atoms with Gasteiger partial charge in [0.05, 0.1) is 19.2 Å². The molecule has 5 heteroatoms. The van der Waals surface area contributed by atoms with Crippen LogP contribution in [-0.4, -0.2) is 31.2 Å². The number of carbonyl (C=O) groups excluding carboxylic acids is 1. The van der Waals surface area contributed by atoms with Crippen LogP contribution in [0.5, 0.6) is 11.5 Å². The van der Waals surface area contributed by atoms with E-state index in [0.29, 0.717) is 26.0 Å². The zero-order valence-electron chi connectivity index (χ0n) is 15.5. The van der Waals surface area contributed by atoms with Crippen molar-refractivity contribution in [3.63, 3.8) is 0 Å². The summed E-state index contributed by atoms with van der Waals surface area (Å²) in [6.07, 6.45) is 3.69. The molecular formula is C22H24N2O3. The third kappa shape index (κ3) is 5.45. The number of amides is 1. The normalized spacial score (nSPS) is 10.6. The molecule has 0 saturated carbocycles. The van der Waals surface area contributed by atoms with Crippen LogP contribution < -0.4 is 14.8 Å². The highest BCUT2D eigenvalue weighted by molar-refractivity contribution is 5.81. The van der Waals surface area contributed by atoms with Crippen LogP contribution in [0.1, 0.15) is 18.4 Å². The number of ether oxygens (including phenoxy) is 2. The molecule has 0 aliphatic heterocycles. The Bertz CT molecular complexity index is 873. The highest BCUT2D eigenvalue weighted by Gasteiger charge is 2.04. The number of para-hydroxylation sites is 1. The van der Waals surface area contributed by atoms with Gasteiger partial charge in [-0.2, -0.15) is 0 Å². The lowest BCUT2D eigenvalue weighted by Gasteiger charge is -2.09. The Labute approximate surface area is 159 Å². The maximum atomic E-state index is 12.0. The van der Waals surface area contributed by atoms with Crippen molar-refractivity contribution in [2.75, 3.05) is 20.3 Å². The molecule has 0 bridgehead atoms. The summed E-state index contributed by atoms with van der Waals surface area (Å²) in [5.41, 5.74) is 2.15. The van der Waals surface area contributed by atoms with Crippen molar-refractivity contribution < 1.29 is 14.3 Å². The Hall–Kier alpha value is -3.08. The van der Waals surface area contributed by atoms with Gasteiger partial charge in [-0.05, 0) is 48.7 Å². The Morgan fingerprint density at radius 3 is 2.63 bits per heavy atom. The predicted octanol–water partition coefficient (Wildman–Crippen LogP) is 3.76. The molecule has 1 aromatic heterocycles. The molecule has 5 nitrogen and oxygen atoms in total. The average molecular weight is 364 g/mol. The van der Waals surface area contributed by atoms with Crippen molar-refractivity contribution in [1.29, 1.82) is 0 Å². The summed E-state index contributed by atoms with van der Waals surface area (Å²) in [6, 6.07) is 17.5. The second-order valence-electron chi connectivity index (χ2n) is 6.22. The van der Waals surface area contributed by atoms with E-state index in [9.17, 15) is 4.79 Å². The zero-order valence-corrected chi connectivity index (χ0v) is 15.5. The van der Waals surface area contributed by atoms with Crippen molar-refractivity contribution in [2.24, 2.45) is 0 Å². The van der Waals surface area contributed by atoms with Gasteiger partial charge in [0.1, 0.15) is 11.5 Å². The number of pyridine rings is 1. The summed E-state index contributed by atoms with van der Waals surface area (Å²) in [6.45, 7) is 1.11. The summed E-state index contributed by atoms with van der Waals surface area (Å²) in [5, 5.41) is 4.09. The maximum Gasteiger partial charge on any atom is 0.220 e. The van der Waals surface area contributed by atoms with Crippen molar-refractivity contribution >= 4 is 16.8 Å². The van der Waals surface area contributed by atoms with Gasteiger partial charge in [-0.1, -0.05) is 24.3 Å². The maximum absolute atomic E-state index is 12.0. The number of benzene rings is 2. The Morgan fingerprint density at radius 1 is 1.04 bits per heavy atom. The molecule has 3 rings (SSSR count). The third-order valence-corrected chi connectivity index (χ3v) is 4.31. The number of fused-ring (bicyclic) bond motifs is 1. The SMILES string of the molecule is COc1ccc(OCCCC(=O)NCCc2cccc3cccnc23)cc1. The van der Waals surface area contributed by atoms with Gasteiger partial charge in [0.25, 0.3) is 0 Å². The molecule has 1 N–H and O–H groups in total. The Kier molecular flexibility index (Phi) is 6.63. The Morgan fingerprint density at radius 2 is 1.81 bits per heavy atom. The first-order chi connectivity index (χ1) is 13.3. The van der Waals surface area contributed by atoms with E-state index in [1.54, 1.807) is 13.3 Å². The first-order valence-electron chi connectivity index (χ1n) is 9.12. The van der Waals surface area contributed by atoms with E-state index in [4.69, 9.17) is 9.47 Å². The van der Waals surface area contributed by atoms with Gasteiger partial charge in [0.15, 0.2) is 0 Å². The van der Waals surface area contributed by atoms with Gasteiger partial charge >= 0.3 is 0 Å². The van der Waals surface area contributed by atoms with Crippen LogP contribution in [0.2, 0.25) is 0 Å². The van der Waals surface area contributed by atoms with Gasteiger partial charge in [-0.25, -0.2) is 0 Å². The van der Waals surface area contributed by atoms with Crippen molar-refractivity contribution in [2.45, 2.75) is 19.3 Å². The number of hydrogen-bond acceptors (Lipinski definition) is 4. The molecule has 0 aliphatic rings. The van der Waals surface area contributed by atoms with Crippen LogP contribution in [0.3, 0.4) is 0 Å². The van der Waals surface area contributed by atoms with E-state index in [1.807, 2.05) is 48.5 Å². The van der Waals surface area contributed by atoms with Crippen LogP contribution in [0.15, 0.2) is 60.8 Å². The molecule has 27 heavy (non-hydrogen) atoms.